The minimum atomic E-state index is -5.30. The molecular formula is C16H24F3IN4O5S. The summed E-state index contributed by atoms with van der Waals surface area (Å²) in [5.74, 6) is 0.739. The highest BCUT2D eigenvalue weighted by Gasteiger charge is 2.50. The van der Waals surface area contributed by atoms with Crippen LogP contribution >= 0.6 is 24.0 Å². The fourth-order valence-corrected chi connectivity index (χ4v) is 3.87. The average molecular weight is 568 g/mol. The molecule has 0 unspecified atom stereocenters. The highest BCUT2D eigenvalue weighted by Crippen LogP contribution is 2.28. The van der Waals surface area contributed by atoms with Crippen molar-refractivity contribution >= 4 is 45.9 Å². The molecule has 0 radical (unpaired) electrons. The van der Waals surface area contributed by atoms with E-state index in [0.29, 0.717) is 27.3 Å². The predicted molar refractivity (Wildman–Crippen MR) is 113 cm³/mol. The number of piperidine rings is 1. The molecule has 2 heterocycles. The number of carbonyl (C=O) groups is 1. The fourth-order valence-electron chi connectivity index (χ4n) is 2.89. The number of hydrogen-bond donors (Lipinski definition) is 2. The van der Waals surface area contributed by atoms with Crippen molar-refractivity contribution in [1.29, 1.82) is 0 Å². The second kappa shape index (κ2) is 10.7. The number of carbonyl (C=O) groups excluding carboxylic acids is 1. The van der Waals surface area contributed by atoms with Crippen molar-refractivity contribution in [3.05, 3.63) is 23.2 Å². The number of guanidine groups is 1. The second-order valence-corrected chi connectivity index (χ2v) is 8.30. The number of furan rings is 1. The molecule has 2 rings (SSSR count). The Bertz CT molecular complexity index is 865. The quantitative estimate of drug-likeness (QED) is 0.242. The van der Waals surface area contributed by atoms with Gasteiger partial charge in [0.1, 0.15) is 17.1 Å². The molecule has 0 atom stereocenters. The van der Waals surface area contributed by atoms with Crippen molar-refractivity contribution in [3.63, 3.8) is 0 Å². The van der Waals surface area contributed by atoms with Crippen molar-refractivity contribution < 1.29 is 35.5 Å². The van der Waals surface area contributed by atoms with Crippen LogP contribution < -0.4 is 10.6 Å². The molecule has 0 amide bonds. The van der Waals surface area contributed by atoms with Crippen LogP contribution in [-0.4, -0.2) is 63.4 Å². The first-order chi connectivity index (χ1) is 13.5. The van der Waals surface area contributed by atoms with Gasteiger partial charge in [-0.25, -0.2) is 13.2 Å². The molecule has 1 saturated heterocycles. The van der Waals surface area contributed by atoms with Gasteiger partial charge in [-0.1, -0.05) is 0 Å². The predicted octanol–water partition coefficient (Wildman–Crippen LogP) is 1.97. The van der Waals surface area contributed by atoms with Crippen molar-refractivity contribution in [1.82, 2.24) is 14.9 Å². The van der Waals surface area contributed by atoms with Crippen molar-refractivity contribution in [3.8, 4) is 0 Å². The zero-order valence-corrected chi connectivity index (χ0v) is 19.7. The number of halogens is 4. The van der Waals surface area contributed by atoms with Gasteiger partial charge >= 0.3 is 21.5 Å². The molecule has 1 aromatic heterocycles. The van der Waals surface area contributed by atoms with Crippen LogP contribution in [0.5, 0.6) is 0 Å². The maximum atomic E-state index is 12.6. The standard InChI is InChI=1S/C16H23F3N4O5S.HI/c1-10-13(14(24)27-3)8-12(28-10)9-21-15(20-2)22-11-4-6-23(7-5-11)29(25,26)16(17,18)19;/h8,11H,4-7,9H2,1-3H3,(H2,20,21,22);1H. The molecule has 0 aliphatic carbocycles. The van der Waals surface area contributed by atoms with Crippen LogP contribution in [0, 0.1) is 6.92 Å². The van der Waals surface area contributed by atoms with E-state index in [9.17, 15) is 26.4 Å². The van der Waals surface area contributed by atoms with E-state index in [-0.39, 0.29) is 62.5 Å². The number of methoxy groups -OCH3 is 1. The third-order valence-corrected chi connectivity index (χ3v) is 6.08. The maximum Gasteiger partial charge on any atom is 0.511 e. The van der Waals surface area contributed by atoms with Gasteiger partial charge in [0.25, 0.3) is 0 Å². The molecule has 0 aromatic carbocycles. The third-order valence-electron chi connectivity index (χ3n) is 4.45. The molecule has 0 saturated carbocycles. The van der Waals surface area contributed by atoms with E-state index < -0.39 is 21.5 Å². The summed E-state index contributed by atoms with van der Waals surface area (Å²) in [5, 5.41) is 6.02. The minimum Gasteiger partial charge on any atom is -0.465 e. The first-order valence-electron chi connectivity index (χ1n) is 8.70. The molecule has 14 heteroatoms. The van der Waals surface area contributed by atoms with E-state index in [2.05, 4.69) is 20.4 Å². The van der Waals surface area contributed by atoms with Gasteiger partial charge in [0.05, 0.1) is 13.7 Å². The fraction of sp³-hybridized carbons (Fsp3) is 0.625. The summed E-state index contributed by atoms with van der Waals surface area (Å²) in [6, 6.07) is 1.30. The summed E-state index contributed by atoms with van der Waals surface area (Å²) < 4.78 is 71.4. The Morgan fingerprint density at radius 1 is 1.37 bits per heavy atom. The number of nitrogens with zero attached hydrogens (tertiary/aromatic N) is 2. The van der Waals surface area contributed by atoms with Crippen LogP contribution in [-0.2, 0) is 21.3 Å². The lowest BCUT2D eigenvalue weighted by Crippen LogP contribution is -2.51. The zero-order valence-electron chi connectivity index (χ0n) is 16.6. The number of hydrogen-bond acceptors (Lipinski definition) is 6. The molecule has 1 aliphatic rings. The van der Waals surface area contributed by atoms with E-state index in [0.717, 1.165) is 0 Å². The molecule has 172 valence electrons. The molecule has 1 aliphatic heterocycles. The second-order valence-electron chi connectivity index (χ2n) is 6.37. The van der Waals surface area contributed by atoms with Crippen LogP contribution in [0.1, 0.15) is 34.7 Å². The summed E-state index contributed by atoms with van der Waals surface area (Å²) in [7, 11) is -2.52. The van der Waals surface area contributed by atoms with Crippen molar-refractivity contribution in [2.24, 2.45) is 4.99 Å². The lowest BCUT2D eigenvalue weighted by molar-refractivity contribution is -0.0494. The minimum absolute atomic E-state index is 0. The SMILES string of the molecule is CN=C(NCc1cc(C(=O)OC)c(C)o1)NC1CCN(S(=O)(=O)C(F)(F)F)CC1.I. The highest BCUT2D eigenvalue weighted by atomic mass is 127. The van der Waals surface area contributed by atoms with Crippen molar-refractivity contribution in [2.45, 2.75) is 37.9 Å². The molecular weight excluding hydrogens is 544 g/mol. The van der Waals surface area contributed by atoms with Gasteiger partial charge in [0, 0.05) is 26.2 Å². The Morgan fingerprint density at radius 3 is 2.47 bits per heavy atom. The van der Waals surface area contributed by atoms with Gasteiger partial charge in [-0.15, -0.1) is 24.0 Å². The van der Waals surface area contributed by atoms with Crippen LogP contribution in [0.2, 0.25) is 0 Å². The zero-order chi connectivity index (χ0) is 21.8. The largest absolute Gasteiger partial charge is 0.511 e. The number of nitrogens with one attached hydrogen (secondary N) is 2. The first-order valence-corrected chi connectivity index (χ1v) is 10.1. The summed E-state index contributed by atoms with van der Waals surface area (Å²) in [6.45, 7) is 1.36. The number of alkyl halides is 3. The first kappa shape index (κ1) is 26.5. The number of esters is 1. The van der Waals surface area contributed by atoms with E-state index >= 15 is 0 Å². The van der Waals surface area contributed by atoms with Gasteiger partial charge in [-0.05, 0) is 25.8 Å². The maximum absolute atomic E-state index is 12.6. The van der Waals surface area contributed by atoms with Gasteiger partial charge < -0.3 is 19.8 Å². The van der Waals surface area contributed by atoms with Crippen LogP contribution in [0.15, 0.2) is 15.5 Å². The lowest BCUT2D eigenvalue weighted by atomic mass is 10.1. The highest BCUT2D eigenvalue weighted by molar-refractivity contribution is 14.0. The van der Waals surface area contributed by atoms with Gasteiger partial charge in [-0.2, -0.15) is 17.5 Å². The van der Waals surface area contributed by atoms with Crippen LogP contribution in [0.3, 0.4) is 0 Å². The van der Waals surface area contributed by atoms with Gasteiger partial charge in [-0.3, -0.25) is 4.99 Å². The summed E-state index contributed by atoms with van der Waals surface area (Å²) in [6.07, 6.45) is 0.394. The lowest BCUT2D eigenvalue weighted by Gasteiger charge is -2.32. The van der Waals surface area contributed by atoms with Crippen molar-refractivity contribution in [2.75, 3.05) is 27.2 Å². The van der Waals surface area contributed by atoms with E-state index in [1.165, 1.54) is 14.2 Å². The number of ether oxygens (including phenoxy) is 1. The summed E-state index contributed by atoms with van der Waals surface area (Å²) >= 11 is 0. The molecule has 30 heavy (non-hydrogen) atoms. The third kappa shape index (κ3) is 6.23. The molecule has 0 spiro atoms. The molecule has 1 aromatic rings. The normalized spacial score (nSPS) is 16.7. The van der Waals surface area contributed by atoms with E-state index in [1.807, 2.05) is 0 Å². The van der Waals surface area contributed by atoms with E-state index in [1.54, 1.807) is 13.0 Å². The number of rotatable bonds is 5. The van der Waals surface area contributed by atoms with Crippen LogP contribution in [0.4, 0.5) is 13.2 Å². The van der Waals surface area contributed by atoms with E-state index in [4.69, 9.17) is 4.42 Å². The molecule has 9 nitrogen and oxygen atoms in total. The Balaban J connectivity index is 0.00000450. The Kier molecular flexibility index (Phi) is 9.41. The van der Waals surface area contributed by atoms with Gasteiger partial charge in [0.2, 0.25) is 0 Å². The van der Waals surface area contributed by atoms with Crippen LogP contribution in [0.25, 0.3) is 0 Å². The smallest absolute Gasteiger partial charge is 0.465 e. The summed E-state index contributed by atoms with van der Waals surface area (Å²) in [5.41, 5.74) is -4.99. The number of aliphatic imine (C=N–C) groups is 1. The van der Waals surface area contributed by atoms with Gasteiger partial charge in [0.15, 0.2) is 5.96 Å². The number of aryl methyl sites for hydroxylation is 1. The monoisotopic (exact) mass is 568 g/mol. The number of sulfonamides is 1. The average Bonchev–Trinajstić information content (AvgIpc) is 3.04. The molecule has 2 N–H and O–H groups in total. The Hall–Kier alpha value is -1.55. The molecule has 1 fully saturated rings. The Morgan fingerprint density at radius 2 is 1.97 bits per heavy atom. The summed E-state index contributed by atoms with van der Waals surface area (Å²) in [4.78, 5) is 15.6. The Labute approximate surface area is 189 Å². The topological polar surface area (TPSA) is 113 Å². The molecule has 0 bridgehead atoms.